The van der Waals surface area contributed by atoms with Crippen LogP contribution in [0.25, 0.3) is 0 Å². The molecule has 0 unspecified atom stereocenters. The van der Waals surface area contributed by atoms with Gasteiger partial charge < -0.3 is 5.32 Å². The van der Waals surface area contributed by atoms with Gasteiger partial charge in [-0.15, -0.1) is 0 Å². The highest BCUT2D eigenvalue weighted by Crippen LogP contribution is 2.41. The quantitative estimate of drug-likeness (QED) is 0.826. The number of hydrogen-bond donors (Lipinski definition) is 1. The lowest BCUT2D eigenvalue weighted by atomic mass is 9.78. The summed E-state index contributed by atoms with van der Waals surface area (Å²) in [6.45, 7) is 2.34. The second-order valence-corrected chi connectivity index (χ2v) is 7.68. The maximum absolute atomic E-state index is 12.7. The van der Waals surface area contributed by atoms with E-state index < -0.39 is 9.84 Å². The third kappa shape index (κ3) is 2.53. The summed E-state index contributed by atoms with van der Waals surface area (Å²) in [5.74, 6) is 0.521. The summed E-state index contributed by atoms with van der Waals surface area (Å²) in [7, 11) is -3.37. The molecule has 1 N–H and O–H groups in total. The molecular weight excluding hydrogens is 292 g/mol. The Balaban J connectivity index is 1.83. The molecule has 0 radical (unpaired) electrons. The number of aromatic nitrogens is 2. The number of carbonyl (C=O) groups excluding carboxylic acids is 1. The molecule has 2 fully saturated rings. The lowest BCUT2D eigenvalue weighted by Gasteiger charge is -2.31. The normalized spacial score (nSPS) is 22.0. The lowest BCUT2D eigenvalue weighted by molar-refractivity contribution is -0.126. The van der Waals surface area contributed by atoms with Crippen molar-refractivity contribution in [3.05, 3.63) is 12.4 Å². The molecule has 3 rings (SSSR count). The fourth-order valence-electron chi connectivity index (χ4n) is 3.05. The predicted octanol–water partition coefficient (Wildman–Crippen LogP) is -0.0134. The summed E-state index contributed by atoms with van der Waals surface area (Å²) in [5.41, 5.74) is -0.275. The first-order valence-corrected chi connectivity index (χ1v) is 8.86. The van der Waals surface area contributed by atoms with Gasteiger partial charge in [0.1, 0.15) is 0 Å². The molecule has 2 aliphatic rings. The topological polar surface area (TPSA) is 92.3 Å². The highest BCUT2D eigenvalue weighted by atomic mass is 32.2. The summed E-state index contributed by atoms with van der Waals surface area (Å²) < 4.78 is 22.8. The highest BCUT2D eigenvalue weighted by molar-refractivity contribution is 7.90. The third-order valence-electron chi connectivity index (χ3n) is 4.34. The summed E-state index contributed by atoms with van der Waals surface area (Å²) in [6, 6.07) is 0. The third-order valence-corrected chi connectivity index (χ3v) is 5.32. The first-order chi connectivity index (χ1) is 9.92. The van der Waals surface area contributed by atoms with Crippen molar-refractivity contribution in [3.63, 3.8) is 0 Å². The lowest BCUT2D eigenvalue weighted by Crippen LogP contribution is -2.42. The monoisotopic (exact) mass is 310 g/mol. The number of rotatable bonds is 2. The molecule has 8 heteroatoms. The van der Waals surface area contributed by atoms with Crippen LogP contribution in [0, 0.1) is 5.41 Å². The van der Waals surface area contributed by atoms with Crippen LogP contribution in [-0.4, -0.2) is 50.2 Å². The zero-order valence-electron chi connectivity index (χ0n) is 11.9. The van der Waals surface area contributed by atoms with Gasteiger partial charge >= 0.3 is 0 Å². The molecule has 7 nitrogen and oxygen atoms in total. The molecule has 114 valence electrons. The van der Waals surface area contributed by atoms with Gasteiger partial charge in [0.2, 0.25) is 5.91 Å². The Hall–Kier alpha value is -1.54. The minimum atomic E-state index is -3.37. The molecule has 3 heterocycles. The van der Waals surface area contributed by atoms with Crippen molar-refractivity contribution in [1.82, 2.24) is 15.3 Å². The first kappa shape index (κ1) is 14.4. The molecule has 0 aliphatic carbocycles. The molecule has 1 aromatic heterocycles. The molecule has 2 saturated heterocycles. The van der Waals surface area contributed by atoms with Crippen molar-refractivity contribution in [2.75, 3.05) is 30.8 Å². The van der Waals surface area contributed by atoms with Crippen molar-refractivity contribution in [2.45, 2.75) is 24.3 Å². The number of anilines is 1. The van der Waals surface area contributed by atoms with Gasteiger partial charge in [-0.25, -0.2) is 18.4 Å². The second kappa shape index (κ2) is 5.03. The SMILES string of the molecule is CS(=O)(=O)c1cnc(N2CCC3(CCNCC3)C2=O)cn1. The smallest absolute Gasteiger partial charge is 0.234 e. The van der Waals surface area contributed by atoms with Crippen molar-refractivity contribution >= 4 is 21.6 Å². The molecule has 2 aliphatic heterocycles. The summed E-state index contributed by atoms with van der Waals surface area (Å²) >= 11 is 0. The van der Waals surface area contributed by atoms with E-state index in [1.165, 1.54) is 12.4 Å². The second-order valence-electron chi connectivity index (χ2n) is 5.72. The predicted molar refractivity (Wildman–Crippen MR) is 76.6 cm³/mol. The van der Waals surface area contributed by atoms with Crippen LogP contribution in [0.15, 0.2) is 17.4 Å². The molecule has 1 spiro atoms. The highest BCUT2D eigenvalue weighted by Gasteiger charge is 2.47. The minimum absolute atomic E-state index is 0.0746. The maximum Gasteiger partial charge on any atom is 0.234 e. The molecule has 0 atom stereocenters. The Bertz CT molecular complexity index is 650. The van der Waals surface area contributed by atoms with E-state index in [2.05, 4.69) is 15.3 Å². The van der Waals surface area contributed by atoms with E-state index in [9.17, 15) is 13.2 Å². The fraction of sp³-hybridized carbons (Fsp3) is 0.615. The number of nitrogens with zero attached hydrogens (tertiary/aromatic N) is 3. The van der Waals surface area contributed by atoms with Crippen molar-refractivity contribution in [2.24, 2.45) is 5.41 Å². The van der Waals surface area contributed by atoms with E-state index in [-0.39, 0.29) is 16.3 Å². The number of hydrogen-bond acceptors (Lipinski definition) is 6. The van der Waals surface area contributed by atoms with E-state index in [1.807, 2.05) is 0 Å². The Labute approximate surface area is 123 Å². The van der Waals surface area contributed by atoms with E-state index in [1.54, 1.807) is 4.90 Å². The van der Waals surface area contributed by atoms with Crippen LogP contribution in [-0.2, 0) is 14.6 Å². The Kier molecular flexibility index (Phi) is 3.45. The van der Waals surface area contributed by atoms with Gasteiger partial charge in [0.15, 0.2) is 20.7 Å². The minimum Gasteiger partial charge on any atom is -0.317 e. The largest absolute Gasteiger partial charge is 0.317 e. The summed E-state index contributed by atoms with van der Waals surface area (Å²) in [6.07, 6.45) is 6.18. The van der Waals surface area contributed by atoms with Crippen molar-refractivity contribution in [1.29, 1.82) is 0 Å². The number of piperidine rings is 1. The summed E-state index contributed by atoms with van der Waals surface area (Å²) in [4.78, 5) is 22.3. The average Bonchev–Trinajstić information content (AvgIpc) is 2.76. The van der Waals surface area contributed by atoms with Crippen LogP contribution in [0.4, 0.5) is 5.82 Å². The van der Waals surface area contributed by atoms with E-state index in [0.717, 1.165) is 38.6 Å². The van der Waals surface area contributed by atoms with E-state index >= 15 is 0 Å². The van der Waals surface area contributed by atoms with Crippen molar-refractivity contribution < 1.29 is 13.2 Å². The average molecular weight is 310 g/mol. The van der Waals surface area contributed by atoms with Gasteiger partial charge in [-0.3, -0.25) is 9.69 Å². The fourth-order valence-corrected chi connectivity index (χ4v) is 3.54. The molecule has 0 saturated carbocycles. The van der Waals surface area contributed by atoms with Crippen LogP contribution in [0.3, 0.4) is 0 Å². The number of nitrogens with one attached hydrogen (secondary N) is 1. The van der Waals surface area contributed by atoms with Gasteiger partial charge in [-0.2, -0.15) is 0 Å². The Morgan fingerprint density at radius 2 is 1.90 bits per heavy atom. The van der Waals surface area contributed by atoms with Gasteiger partial charge in [0.05, 0.1) is 17.8 Å². The molecule has 21 heavy (non-hydrogen) atoms. The molecule has 0 bridgehead atoms. The van der Waals surface area contributed by atoms with E-state index in [0.29, 0.717) is 12.4 Å². The van der Waals surface area contributed by atoms with Gasteiger partial charge in [0, 0.05) is 12.8 Å². The molecule has 1 amide bonds. The van der Waals surface area contributed by atoms with Gasteiger partial charge in [0.25, 0.3) is 0 Å². The first-order valence-electron chi connectivity index (χ1n) is 6.97. The van der Waals surface area contributed by atoms with Crippen LogP contribution < -0.4 is 10.2 Å². The van der Waals surface area contributed by atoms with Gasteiger partial charge in [-0.05, 0) is 32.4 Å². The van der Waals surface area contributed by atoms with Gasteiger partial charge in [-0.1, -0.05) is 0 Å². The maximum atomic E-state index is 12.7. The van der Waals surface area contributed by atoms with E-state index in [4.69, 9.17) is 0 Å². The van der Waals surface area contributed by atoms with Crippen molar-refractivity contribution in [3.8, 4) is 0 Å². The Morgan fingerprint density at radius 3 is 2.48 bits per heavy atom. The van der Waals surface area contributed by atoms with Crippen LogP contribution in [0.1, 0.15) is 19.3 Å². The Morgan fingerprint density at radius 1 is 1.19 bits per heavy atom. The van der Waals surface area contributed by atoms with Crippen LogP contribution in [0.5, 0.6) is 0 Å². The number of amides is 1. The summed E-state index contributed by atoms with van der Waals surface area (Å²) in [5, 5.41) is 3.20. The molecule has 0 aromatic carbocycles. The number of carbonyl (C=O) groups is 1. The van der Waals surface area contributed by atoms with Crippen LogP contribution >= 0.6 is 0 Å². The number of sulfone groups is 1. The van der Waals surface area contributed by atoms with Crippen LogP contribution in [0.2, 0.25) is 0 Å². The standard InChI is InChI=1S/C13H18N4O3S/c1-21(19,20)11-9-15-10(8-16-11)17-7-4-13(12(17)18)2-5-14-6-3-13/h8-9,14H,2-7H2,1H3. The molecular formula is C13H18N4O3S. The molecule has 1 aromatic rings. The zero-order chi connectivity index (χ0) is 15.1. The zero-order valence-corrected chi connectivity index (χ0v) is 12.7.